The second-order valence-corrected chi connectivity index (χ2v) is 6.54. The summed E-state index contributed by atoms with van der Waals surface area (Å²) in [4.78, 5) is 28.2. The minimum Gasteiger partial charge on any atom is -0.361 e. The average Bonchev–Trinajstić information content (AvgIpc) is 2.97. The van der Waals surface area contributed by atoms with E-state index in [0.717, 1.165) is 16.5 Å². The third kappa shape index (κ3) is 2.58. The van der Waals surface area contributed by atoms with Crippen LogP contribution in [0.3, 0.4) is 0 Å². The first-order chi connectivity index (χ1) is 9.63. The maximum atomic E-state index is 12.0. The molecular formula is C15H16N2O2S. The number of amides is 1. The molecule has 1 atom stereocenters. The van der Waals surface area contributed by atoms with Crippen molar-refractivity contribution in [3.8, 4) is 0 Å². The van der Waals surface area contributed by atoms with Crippen LogP contribution in [-0.2, 0) is 16.1 Å². The van der Waals surface area contributed by atoms with Gasteiger partial charge in [-0.1, -0.05) is 23.9 Å². The van der Waals surface area contributed by atoms with Crippen LogP contribution in [0.15, 0.2) is 30.5 Å². The summed E-state index contributed by atoms with van der Waals surface area (Å²) in [5.74, 6) is 0.135. The van der Waals surface area contributed by atoms with Gasteiger partial charge in [0.2, 0.25) is 5.91 Å². The largest absolute Gasteiger partial charge is 0.361 e. The lowest BCUT2D eigenvalue weighted by Gasteiger charge is -2.17. The van der Waals surface area contributed by atoms with Crippen LogP contribution in [0.1, 0.15) is 18.9 Å². The van der Waals surface area contributed by atoms with Crippen LogP contribution in [0.2, 0.25) is 0 Å². The van der Waals surface area contributed by atoms with Crippen LogP contribution < -0.4 is 0 Å². The molecule has 1 N–H and O–H groups in total. The Labute approximate surface area is 121 Å². The highest BCUT2D eigenvalue weighted by atomic mass is 32.2. The zero-order valence-electron chi connectivity index (χ0n) is 11.3. The standard InChI is InChI=1S/C15H16N2O2S/c1-10(18)20-12-7-15(19)17(9-12)8-11-3-2-4-14-13(11)5-6-16-14/h2-6,12,16H,7-9H2,1H3. The van der Waals surface area contributed by atoms with Gasteiger partial charge < -0.3 is 9.88 Å². The number of H-pyrrole nitrogens is 1. The average molecular weight is 288 g/mol. The van der Waals surface area contributed by atoms with E-state index in [4.69, 9.17) is 0 Å². The first-order valence-corrected chi connectivity index (χ1v) is 7.51. The Morgan fingerprint density at radius 3 is 3.10 bits per heavy atom. The van der Waals surface area contributed by atoms with Gasteiger partial charge in [0.05, 0.1) is 0 Å². The summed E-state index contributed by atoms with van der Waals surface area (Å²) in [6.07, 6.45) is 2.38. The van der Waals surface area contributed by atoms with Crippen molar-refractivity contribution in [1.29, 1.82) is 0 Å². The molecule has 1 aromatic carbocycles. The number of hydrogen-bond donors (Lipinski definition) is 1. The smallest absolute Gasteiger partial charge is 0.224 e. The predicted molar refractivity (Wildman–Crippen MR) is 80.4 cm³/mol. The van der Waals surface area contributed by atoms with Gasteiger partial charge in [-0.3, -0.25) is 9.59 Å². The Morgan fingerprint density at radius 1 is 1.45 bits per heavy atom. The molecule has 4 nitrogen and oxygen atoms in total. The van der Waals surface area contributed by atoms with Crippen LogP contribution in [0, 0.1) is 0 Å². The highest BCUT2D eigenvalue weighted by Crippen LogP contribution is 2.27. The van der Waals surface area contributed by atoms with Crippen molar-refractivity contribution < 1.29 is 9.59 Å². The number of carbonyl (C=O) groups is 2. The van der Waals surface area contributed by atoms with Gasteiger partial charge in [-0.2, -0.15) is 0 Å². The summed E-state index contributed by atoms with van der Waals surface area (Å²) >= 11 is 1.28. The second-order valence-electron chi connectivity index (χ2n) is 5.07. The number of benzene rings is 1. The second kappa shape index (κ2) is 5.32. The number of nitrogens with one attached hydrogen (secondary N) is 1. The fourth-order valence-electron chi connectivity index (χ4n) is 2.70. The van der Waals surface area contributed by atoms with E-state index in [9.17, 15) is 9.59 Å². The summed E-state index contributed by atoms with van der Waals surface area (Å²) in [6, 6.07) is 8.11. The number of aromatic amines is 1. The lowest BCUT2D eigenvalue weighted by atomic mass is 10.1. The monoisotopic (exact) mass is 288 g/mol. The van der Waals surface area contributed by atoms with E-state index in [1.54, 1.807) is 6.92 Å². The molecule has 5 heteroatoms. The molecule has 20 heavy (non-hydrogen) atoms. The number of likely N-dealkylation sites (tertiary alicyclic amines) is 1. The number of rotatable bonds is 3. The van der Waals surface area contributed by atoms with Crippen LogP contribution >= 0.6 is 11.8 Å². The van der Waals surface area contributed by atoms with Crippen molar-refractivity contribution in [2.75, 3.05) is 6.54 Å². The summed E-state index contributed by atoms with van der Waals surface area (Å²) in [7, 11) is 0. The molecule has 0 saturated carbocycles. The van der Waals surface area contributed by atoms with Crippen molar-refractivity contribution in [1.82, 2.24) is 9.88 Å². The number of hydrogen-bond acceptors (Lipinski definition) is 3. The molecule has 0 radical (unpaired) electrons. The van der Waals surface area contributed by atoms with Gasteiger partial charge in [-0.15, -0.1) is 0 Å². The third-order valence-corrected chi connectivity index (χ3v) is 4.54. The molecular weight excluding hydrogens is 272 g/mol. The molecule has 104 valence electrons. The van der Waals surface area contributed by atoms with Gasteiger partial charge in [0.1, 0.15) is 0 Å². The maximum absolute atomic E-state index is 12.0. The van der Waals surface area contributed by atoms with Crippen LogP contribution in [0.5, 0.6) is 0 Å². The van der Waals surface area contributed by atoms with Gasteiger partial charge in [-0.25, -0.2) is 0 Å². The number of carbonyl (C=O) groups excluding carboxylic acids is 2. The van der Waals surface area contributed by atoms with E-state index in [1.165, 1.54) is 11.8 Å². The SMILES string of the molecule is CC(=O)SC1CC(=O)N(Cc2cccc3[nH]ccc23)C1. The molecule has 1 unspecified atom stereocenters. The minimum absolute atomic E-state index is 0.0809. The van der Waals surface area contributed by atoms with Gasteiger partial charge in [-0.05, 0) is 17.7 Å². The van der Waals surface area contributed by atoms with Crippen molar-refractivity contribution in [3.63, 3.8) is 0 Å². The minimum atomic E-state index is 0.0809. The van der Waals surface area contributed by atoms with Crippen LogP contribution in [-0.4, -0.2) is 32.7 Å². The van der Waals surface area contributed by atoms with Crippen LogP contribution in [0.25, 0.3) is 10.9 Å². The quantitative estimate of drug-likeness (QED) is 0.944. The molecule has 1 aliphatic rings. The third-order valence-electron chi connectivity index (χ3n) is 3.56. The summed E-state index contributed by atoms with van der Waals surface area (Å²) in [6.45, 7) is 2.82. The summed E-state index contributed by atoms with van der Waals surface area (Å²) in [5.41, 5.74) is 2.23. The topological polar surface area (TPSA) is 53.2 Å². The number of nitrogens with zero attached hydrogens (tertiary/aromatic N) is 1. The van der Waals surface area contributed by atoms with Crippen LogP contribution in [0.4, 0.5) is 0 Å². The molecule has 1 fully saturated rings. The molecule has 2 heterocycles. The summed E-state index contributed by atoms with van der Waals surface area (Å²) < 4.78 is 0. The number of aromatic nitrogens is 1. The van der Waals surface area contributed by atoms with E-state index in [1.807, 2.05) is 29.3 Å². The van der Waals surface area contributed by atoms with Gasteiger partial charge in [0, 0.05) is 48.8 Å². The highest BCUT2D eigenvalue weighted by molar-refractivity contribution is 8.14. The molecule has 0 spiro atoms. The molecule has 1 saturated heterocycles. The number of thioether (sulfide) groups is 1. The molecule has 0 bridgehead atoms. The van der Waals surface area contributed by atoms with E-state index < -0.39 is 0 Å². The molecule has 0 aliphatic carbocycles. The Bertz CT molecular complexity index is 665. The highest BCUT2D eigenvalue weighted by Gasteiger charge is 2.31. The lowest BCUT2D eigenvalue weighted by molar-refractivity contribution is -0.128. The van der Waals surface area contributed by atoms with E-state index >= 15 is 0 Å². The van der Waals surface area contributed by atoms with Gasteiger partial charge in [0.15, 0.2) is 5.12 Å². The van der Waals surface area contributed by atoms with Gasteiger partial charge in [0.25, 0.3) is 0 Å². The molecule has 1 aliphatic heterocycles. The Hall–Kier alpha value is -1.75. The zero-order valence-corrected chi connectivity index (χ0v) is 12.1. The summed E-state index contributed by atoms with van der Waals surface area (Å²) in [5, 5.41) is 1.34. The van der Waals surface area contributed by atoms with E-state index in [2.05, 4.69) is 11.1 Å². The molecule has 3 rings (SSSR count). The number of fused-ring (bicyclic) bond motifs is 1. The molecule has 2 aromatic rings. The Morgan fingerprint density at radius 2 is 2.30 bits per heavy atom. The zero-order chi connectivity index (χ0) is 14.1. The predicted octanol–water partition coefficient (Wildman–Crippen LogP) is 2.55. The first-order valence-electron chi connectivity index (χ1n) is 6.63. The van der Waals surface area contributed by atoms with E-state index in [-0.39, 0.29) is 16.3 Å². The van der Waals surface area contributed by atoms with Crippen molar-refractivity contribution in [2.24, 2.45) is 0 Å². The van der Waals surface area contributed by atoms with Crippen molar-refractivity contribution >= 4 is 33.7 Å². The van der Waals surface area contributed by atoms with Crippen molar-refractivity contribution in [2.45, 2.75) is 25.1 Å². The van der Waals surface area contributed by atoms with E-state index in [0.29, 0.717) is 19.5 Å². The maximum Gasteiger partial charge on any atom is 0.224 e. The first kappa shape index (κ1) is 13.2. The Balaban J connectivity index is 1.76. The van der Waals surface area contributed by atoms with Crippen molar-refractivity contribution in [3.05, 3.63) is 36.0 Å². The molecule has 1 aromatic heterocycles. The molecule has 1 amide bonds. The fraction of sp³-hybridized carbons (Fsp3) is 0.333. The fourth-order valence-corrected chi connectivity index (χ4v) is 3.65. The van der Waals surface area contributed by atoms with Gasteiger partial charge >= 0.3 is 0 Å². The Kier molecular flexibility index (Phi) is 3.53. The normalized spacial score (nSPS) is 18.9. The lowest BCUT2D eigenvalue weighted by Crippen LogP contribution is -2.25.